The van der Waals surface area contributed by atoms with Gasteiger partial charge in [0.05, 0.1) is 23.6 Å². The first-order valence-corrected chi connectivity index (χ1v) is 9.05. The van der Waals surface area contributed by atoms with Crippen LogP contribution in [0.15, 0.2) is 30.6 Å². The van der Waals surface area contributed by atoms with E-state index < -0.39 is 6.10 Å². The maximum Gasteiger partial charge on any atom is 0.255 e. The molecule has 2 heterocycles. The lowest BCUT2D eigenvalue weighted by atomic mass is 10.00. The number of H-pyrrole nitrogens is 1. The Kier molecular flexibility index (Phi) is 5.41. The number of nitrogens with one attached hydrogen (secondary N) is 4. The number of hydrogen-bond donors (Lipinski definition) is 5. The second kappa shape index (κ2) is 7.77. The number of aliphatic hydroxyl groups is 1. The highest BCUT2D eigenvalue weighted by Crippen LogP contribution is 2.24. The van der Waals surface area contributed by atoms with Crippen LogP contribution in [0.25, 0.3) is 11.2 Å². The van der Waals surface area contributed by atoms with Crippen molar-refractivity contribution < 1.29 is 9.90 Å². The Bertz CT molecular complexity index is 1040. The molecular formula is C20H24N6O2. The molecule has 0 aliphatic carbocycles. The fourth-order valence-electron chi connectivity index (χ4n) is 2.91. The highest BCUT2D eigenvalue weighted by Gasteiger charge is 2.18. The molecule has 0 spiro atoms. The number of rotatable bonds is 6. The Balaban J connectivity index is 2.05. The molecule has 0 fully saturated rings. The number of amides is 1. The SMILES string of the molecule is CNc1ccc(C(C)O)cc1C(=N)c1cnc2[nH]cc(C(=O)NC(C)C)c2n1. The molecular weight excluding hydrogens is 356 g/mol. The molecule has 0 saturated heterocycles. The van der Waals surface area contributed by atoms with Crippen molar-refractivity contribution >= 4 is 28.5 Å². The number of fused-ring (bicyclic) bond motifs is 1. The van der Waals surface area contributed by atoms with Crippen LogP contribution in [-0.4, -0.2) is 44.8 Å². The second-order valence-electron chi connectivity index (χ2n) is 6.89. The summed E-state index contributed by atoms with van der Waals surface area (Å²) in [5.74, 6) is -0.244. The zero-order chi connectivity index (χ0) is 20.4. The largest absolute Gasteiger partial charge is 0.389 e. The number of aromatic nitrogens is 3. The van der Waals surface area contributed by atoms with E-state index in [2.05, 4.69) is 25.6 Å². The Morgan fingerprint density at radius 1 is 1.25 bits per heavy atom. The van der Waals surface area contributed by atoms with Crippen LogP contribution in [-0.2, 0) is 0 Å². The average Bonchev–Trinajstić information content (AvgIpc) is 3.09. The van der Waals surface area contributed by atoms with Gasteiger partial charge in [0.25, 0.3) is 5.91 Å². The Hall–Kier alpha value is -3.26. The van der Waals surface area contributed by atoms with Gasteiger partial charge in [0.2, 0.25) is 0 Å². The summed E-state index contributed by atoms with van der Waals surface area (Å²) < 4.78 is 0. The van der Waals surface area contributed by atoms with Crippen LogP contribution in [0.3, 0.4) is 0 Å². The first-order valence-electron chi connectivity index (χ1n) is 9.05. The van der Waals surface area contributed by atoms with E-state index in [4.69, 9.17) is 5.41 Å². The predicted octanol–water partition coefficient (Wildman–Crippen LogP) is 2.61. The summed E-state index contributed by atoms with van der Waals surface area (Å²) in [6.07, 6.45) is 2.42. The monoisotopic (exact) mass is 380 g/mol. The number of carbonyl (C=O) groups is 1. The van der Waals surface area contributed by atoms with Crippen molar-refractivity contribution in [3.63, 3.8) is 0 Å². The maximum absolute atomic E-state index is 12.4. The lowest BCUT2D eigenvalue weighted by Gasteiger charge is -2.14. The maximum atomic E-state index is 12.4. The zero-order valence-electron chi connectivity index (χ0n) is 16.3. The summed E-state index contributed by atoms with van der Waals surface area (Å²) in [5, 5.41) is 24.4. The average molecular weight is 380 g/mol. The summed E-state index contributed by atoms with van der Waals surface area (Å²) in [5.41, 5.74) is 3.81. The fourth-order valence-corrected chi connectivity index (χ4v) is 2.91. The van der Waals surface area contributed by atoms with Gasteiger partial charge in [-0.05, 0) is 38.5 Å². The van der Waals surface area contributed by atoms with Crippen LogP contribution in [0.1, 0.15) is 54.1 Å². The molecule has 3 aromatic rings. The van der Waals surface area contributed by atoms with Crippen LogP contribution < -0.4 is 10.6 Å². The van der Waals surface area contributed by atoms with Crippen molar-refractivity contribution in [2.45, 2.75) is 32.9 Å². The van der Waals surface area contributed by atoms with Crippen LogP contribution in [0, 0.1) is 5.41 Å². The molecule has 2 aromatic heterocycles. The summed E-state index contributed by atoms with van der Waals surface area (Å²) in [6.45, 7) is 5.44. The van der Waals surface area contributed by atoms with Gasteiger partial charge in [0.1, 0.15) is 11.2 Å². The van der Waals surface area contributed by atoms with Crippen LogP contribution >= 0.6 is 0 Å². The third kappa shape index (κ3) is 3.72. The van der Waals surface area contributed by atoms with Gasteiger partial charge < -0.3 is 20.7 Å². The van der Waals surface area contributed by atoms with E-state index in [0.29, 0.717) is 33.5 Å². The molecule has 1 aromatic carbocycles. The van der Waals surface area contributed by atoms with E-state index in [-0.39, 0.29) is 17.7 Å². The minimum absolute atomic E-state index is 0.00621. The van der Waals surface area contributed by atoms with Crippen molar-refractivity contribution in [2.24, 2.45) is 0 Å². The van der Waals surface area contributed by atoms with Gasteiger partial charge in [0, 0.05) is 30.5 Å². The molecule has 5 N–H and O–H groups in total. The van der Waals surface area contributed by atoms with E-state index in [1.54, 1.807) is 26.2 Å². The number of nitrogens with zero attached hydrogens (tertiary/aromatic N) is 2. The molecule has 0 aliphatic heterocycles. The van der Waals surface area contributed by atoms with Crippen LogP contribution in [0.5, 0.6) is 0 Å². The molecule has 8 heteroatoms. The molecule has 8 nitrogen and oxygen atoms in total. The van der Waals surface area contributed by atoms with Crippen LogP contribution in [0.4, 0.5) is 5.69 Å². The Labute approximate surface area is 162 Å². The number of anilines is 1. The second-order valence-corrected chi connectivity index (χ2v) is 6.89. The van der Waals surface area contributed by atoms with Gasteiger partial charge in [-0.2, -0.15) is 0 Å². The summed E-state index contributed by atoms with van der Waals surface area (Å²) >= 11 is 0. The van der Waals surface area contributed by atoms with E-state index in [1.807, 2.05) is 26.0 Å². The van der Waals surface area contributed by atoms with E-state index >= 15 is 0 Å². The summed E-state index contributed by atoms with van der Waals surface area (Å²) in [6, 6.07) is 5.38. The number of hydrogen-bond acceptors (Lipinski definition) is 6. The van der Waals surface area contributed by atoms with Crippen LogP contribution in [0.2, 0.25) is 0 Å². The van der Waals surface area contributed by atoms with Gasteiger partial charge in [-0.1, -0.05) is 6.07 Å². The van der Waals surface area contributed by atoms with Gasteiger partial charge in [0.15, 0.2) is 5.65 Å². The molecule has 3 rings (SSSR count). The number of carbonyl (C=O) groups excluding carboxylic acids is 1. The van der Waals surface area contributed by atoms with E-state index in [1.165, 1.54) is 6.20 Å². The quantitative estimate of drug-likeness (QED) is 0.420. The number of aromatic amines is 1. The summed E-state index contributed by atoms with van der Waals surface area (Å²) in [4.78, 5) is 24.2. The molecule has 146 valence electrons. The van der Waals surface area contributed by atoms with Crippen molar-refractivity contribution in [1.82, 2.24) is 20.3 Å². The zero-order valence-corrected chi connectivity index (χ0v) is 16.3. The van der Waals surface area contributed by atoms with Gasteiger partial charge in [-0.15, -0.1) is 0 Å². The highest BCUT2D eigenvalue weighted by molar-refractivity contribution is 6.14. The smallest absolute Gasteiger partial charge is 0.255 e. The third-order valence-electron chi connectivity index (χ3n) is 4.37. The van der Waals surface area contributed by atoms with E-state index in [0.717, 1.165) is 5.69 Å². The molecule has 1 atom stereocenters. The lowest BCUT2D eigenvalue weighted by Crippen LogP contribution is -2.30. The fraction of sp³-hybridized carbons (Fsp3) is 0.300. The molecule has 0 aliphatic rings. The standard InChI is InChI=1S/C20H24N6O2/c1-10(2)25-20(28)14-8-23-19-18(14)26-16(9-24-19)17(21)13-7-12(11(3)27)5-6-15(13)22-4/h5-11,21-22,27H,1-4H3,(H,23,24)(H,25,28). The predicted molar refractivity (Wildman–Crippen MR) is 109 cm³/mol. The Morgan fingerprint density at radius 2 is 2.00 bits per heavy atom. The number of aliphatic hydroxyl groups excluding tert-OH is 1. The molecule has 1 amide bonds. The van der Waals surface area contributed by atoms with Gasteiger partial charge in [-0.25, -0.2) is 9.97 Å². The van der Waals surface area contributed by atoms with Crippen molar-refractivity contribution in [3.8, 4) is 0 Å². The molecule has 28 heavy (non-hydrogen) atoms. The van der Waals surface area contributed by atoms with E-state index in [9.17, 15) is 9.90 Å². The molecule has 0 saturated carbocycles. The third-order valence-corrected chi connectivity index (χ3v) is 4.37. The number of benzene rings is 1. The van der Waals surface area contributed by atoms with Gasteiger partial charge >= 0.3 is 0 Å². The summed E-state index contributed by atoms with van der Waals surface area (Å²) in [7, 11) is 1.77. The topological polar surface area (TPSA) is 127 Å². The highest BCUT2D eigenvalue weighted by atomic mass is 16.3. The first-order chi connectivity index (χ1) is 13.3. The normalized spacial score (nSPS) is 12.2. The minimum atomic E-state index is -0.651. The first kappa shape index (κ1) is 19.5. The molecule has 0 bridgehead atoms. The Morgan fingerprint density at radius 3 is 2.64 bits per heavy atom. The van der Waals surface area contributed by atoms with Crippen molar-refractivity contribution in [2.75, 3.05) is 12.4 Å². The van der Waals surface area contributed by atoms with Crippen molar-refractivity contribution in [1.29, 1.82) is 5.41 Å². The molecule has 1 unspecified atom stereocenters. The minimum Gasteiger partial charge on any atom is -0.389 e. The molecule has 0 radical (unpaired) electrons. The van der Waals surface area contributed by atoms with Gasteiger partial charge in [-0.3, -0.25) is 10.2 Å². The lowest BCUT2D eigenvalue weighted by molar-refractivity contribution is 0.0944. The van der Waals surface area contributed by atoms with Crippen molar-refractivity contribution in [3.05, 3.63) is 53.0 Å².